The number of para-hydroxylation sites is 1. The molecule has 2 heterocycles. The van der Waals surface area contributed by atoms with Gasteiger partial charge in [0, 0.05) is 15.8 Å². The Morgan fingerprint density at radius 3 is 2.90 bits per heavy atom. The van der Waals surface area contributed by atoms with Gasteiger partial charge in [-0.1, -0.05) is 25.1 Å². The lowest BCUT2D eigenvalue weighted by molar-refractivity contribution is 0.573. The predicted molar refractivity (Wildman–Crippen MR) is 85.4 cm³/mol. The molecule has 0 radical (unpaired) electrons. The highest BCUT2D eigenvalue weighted by Crippen LogP contribution is 2.32. The van der Waals surface area contributed by atoms with E-state index in [-0.39, 0.29) is 6.04 Å². The van der Waals surface area contributed by atoms with Crippen molar-refractivity contribution in [1.82, 2.24) is 5.32 Å². The molecule has 0 aliphatic carbocycles. The molecule has 0 aliphatic rings. The van der Waals surface area contributed by atoms with Crippen LogP contribution in [0.2, 0.25) is 0 Å². The van der Waals surface area contributed by atoms with Crippen molar-refractivity contribution in [3.8, 4) is 0 Å². The molecule has 0 amide bonds. The van der Waals surface area contributed by atoms with E-state index >= 15 is 0 Å². The summed E-state index contributed by atoms with van der Waals surface area (Å²) in [5.74, 6) is 0. The monoisotopic (exact) mass is 285 g/mol. The van der Waals surface area contributed by atoms with E-state index in [0.717, 1.165) is 18.5 Å². The Morgan fingerprint density at radius 2 is 2.15 bits per heavy atom. The standard InChI is InChI=1S/C17H19NOS/c1-3-8-18-17(13-9-12(2)20-11-13)15-10-19-16-7-5-4-6-14(15)16/h4-7,9-11,17-18H,3,8H2,1-2H3. The Labute approximate surface area is 123 Å². The van der Waals surface area contributed by atoms with Crippen LogP contribution >= 0.6 is 11.3 Å². The normalized spacial score (nSPS) is 12.9. The van der Waals surface area contributed by atoms with Gasteiger partial charge >= 0.3 is 0 Å². The highest BCUT2D eigenvalue weighted by atomic mass is 32.1. The van der Waals surface area contributed by atoms with Crippen LogP contribution in [0.3, 0.4) is 0 Å². The third kappa shape index (κ3) is 2.51. The van der Waals surface area contributed by atoms with Gasteiger partial charge in [0.05, 0.1) is 12.3 Å². The van der Waals surface area contributed by atoms with E-state index in [1.807, 2.05) is 18.4 Å². The number of nitrogens with one attached hydrogen (secondary N) is 1. The highest BCUT2D eigenvalue weighted by molar-refractivity contribution is 7.10. The van der Waals surface area contributed by atoms with Crippen LogP contribution in [-0.2, 0) is 0 Å². The topological polar surface area (TPSA) is 25.2 Å². The molecule has 0 aliphatic heterocycles. The van der Waals surface area contributed by atoms with Gasteiger partial charge in [-0.15, -0.1) is 11.3 Å². The second kappa shape index (κ2) is 5.81. The van der Waals surface area contributed by atoms with Gasteiger partial charge < -0.3 is 9.73 Å². The van der Waals surface area contributed by atoms with Crippen molar-refractivity contribution in [2.45, 2.75) is 26.3 Å². The van der Waals surface area contributed by atoms with Gasteiger partial charge in [-0.2, -0.15) is 0 Å². The maximum absolute atomic E-state index is 5.70. The van der Waals surface area contributed by atoms with Crippen LogP contribution < -0.4 is 5.32 Å². The molecule has 0 bridgehead atoms. The molecule has 0 saturated carbocycles. The smallest absolute Gasteiger partial charge is 0.134 e. The van der Waals surface area contributed by atoms with Gasteiger partial charge in [0.15, 0.2) is 0 Å². The van der Waals surface area contributed by atoms with Crippen LogP contribution in [0.5, 0.6) is 0 Å². The lowest BCUT2D eigenvalue weighted by atomic mass is 10.00. The Kier molecular flexibility index (Phi) is 3.90. The first-order chi connectivity index (χ1) is 9.79. The number of hydrogen-bond donors (Lipinski definition) is 1. The van der Waals surface area contributed by atoms with Gasteiger partial charge in [-0.25, -0.2) is 0 Å². The minimum Gasteiger partial charge on any atom is -0.464 e. The molecule has 1 atom stereocenters. The van der Waals surface area contributed by atoms with Crippen molar-refractivity contribution in [2.75, 3.05) is 6.54 Å². The van der Waals surface area contributed by atoms with Gasteiger partial charge in [0.1, 0.15) is 5.58 Å². The molecular weight excluding hydrogens is 266 g/mol. The Balaban J connectivity index is 2.04. The Hall–Kier alpha value is -1.58. The molecule has 104 valence electrons. The summed E-state index contributed by atoms with van der Waals surface area (Å²) in [6.45, 7) is 5.34. The van der Waals surface area contributed by atoms with Crippen LogP contribution in [-0.4, -0.2) is 6.54 Å². The largest absolute Gasteiger partial charge is 0.464 e. The summed E-state index contributed by atoms with van der Waals surface area (Å²) >= 11 is 1.80. The fourth-order valence-corrected chi connectivity index (χ4v) is 3.26. The van der Waals surface area contributed by atoms with Crippen molar-refractivity contribution < 1.29 is 4.42 Å². The van der Waals surface area contributed by atoms with Gasteiger partial charge in [0.2, 0.25) is 0 Å². The van der Waals surface area contributed by atoms with E-state index in [4.69, 9.17) is 4.42 Å². The number of rotatable bonds is 5. The molecule has 20 heavy (non-hydrogen) atoms. The Morgan fingerprint density at radius 1 is 1.30 bits per heavy atom. The van der Waals surface area contributed by atoms with E-state index in [2.05, 4.69) is 42.7 Å². The zero-order chi connectivity index (χ0) is 13.9. The number of hydrogen-bond acceptors (Lipinski definition) is 3. The van der Waals surface area contributed by atoms with Crippen molar-refractivity contribution in [3.05, 3.63) is 58.0 Å². The maximum Gasteiger partial charge on any atom is 0.134 e. The van der Waals surface area contributed by atoms with Gasteiger partial charge in [-0.05, 0) is 43.0 Å². The summed E-state index contributed by atoms with van der Waals surface area (Å²) in [7, 11) is 0. The van der Waals surface area contributed by atoms with Crippen molar-refractivity contribution in [3.63, 3.8) is 0 Å². The fraction of sp³-hybridized carbons (Fsp3) is 0.294. The lowest BCUT2D eigenvalue weighted by Crippen LogP contribution is -2.22. The van der Waals surface area contributed by atoms with Crippen LogP contribution in [0.1, 0.15) is 35.4 Å². The summed E-state index contributed by atoms with van der Waals surface area (Å²) in [5, 5.41) is 7.08. The van der Waals surface area contributed by atoms with Gasteiger partial charge in [0.25, 0.3) is 0 Å². The Bertz CT molecular complexity index is 698. The van der Waals surface area contributed by atoms with E-state index < -0.39 is 0 Å². The minimum atomic E-state index is 0.212. The first kappa shape index (κ1) is 13.4. The van der Waals surface area contributed by atoms with Crippen molar-refractivity contribution >= 4 is 22.3 Å². The fourth-order valence-electron chi connectivity index (χ4n) is 2.53. The molecule has 1 N–H and O–H groups in total. The average molecular weight is 285 g/mol. The van der Waals surface area contributed by atoms with Crippen molar-refractivity contribution in [1.29, 1.82) is 0 Å². The van der Waals surface area contributed by atoms with Crippen LogP contribution in [0.25, 0.3) is 11.0 Å². The van der Waals surface area contributed by atoms with E-state index in [1.54, 1.807) is 11.3 Å². The van der Waals surface area contributed by atoms with Crippen LogP contribution in [0.15, 0.2) is 46.4 Å². The second-order valence-corrected chi connectivity index (χ2v) is 6.18. The molecule has 0 fully saturated rings. The predicted octanol–water partition coefficient (Wildman–Crippen LogP) is 4.89. The number of fused-ring (bicyclic) bond motifs is 1. The van der Waals surface area contributed by atoms with E-state index in [0.29, 0.717) is 0 Å². The first-order valence-electron chi connectivity index (χ1n) is 7.04. The molecule has 3 heteroatoms. The summed E-state index contributed by atoms with van der Waals surface area (Å²) in [6, 6.07) is 10.7. The molecule has 2 nitrogen and oxygen atoms in total. The summed E-state index contributed by atoms with van der Waals surface area (Å²) in [4.78, 5) is 1.34. The van der Waals surface area contributed by atoms with E-state index in [9.17, 15) is 0 Å². The third-order valence-corrected chi connectivity index (χ3v) is 4.38. The summed E-state index contributed by atoms with van der Waals surface area (Å²) in [5.41, 5.74) is 3.51. The molecule has 1 unspecified atom stereocenters. The SMILES string of the molecule is CCCNC(c1csc(C)c1)c1coc2ccccc12. The minimum absolute atomic E-state index is 0.212. The highest BCUT2D eigenvalue weighted by Gasteiger charge is 2.19. The summed E-state index contributed by atoms with van der Waals surface area (Å²) in [6.07, 6.45) is 3.01. The molecule has 3 rings (SSSR count). The molecule has 0 spiro atoms. The third-order valence-electron chi connectivity index (χ3n) is 3.50. The zero-order valence-corrected chi connectivity index (χ0v) is 12.7. The van der Waals surface area contributed by atoms with Crippen molar-refractivity contribution in [2.24, 2.45) is 0 Å². The number of thiophene rings is 1. The van der Waals surface area contributed by atoms with Crippen LogP contribution in [0.4, 0.5) is 0 Å². The average Bonchev–Trinajstić information content (AvgIpc) is 3.07. The molecule has 3 aromatic rings. The summed E-state index contributed by atoms with van der Waals surface area (Å²) < 4.78 is 5.70. The van der Waals surface area contributed by atoms with E-state index in [1.165, 1.54) is 21.4 Å². The quantitative estimate of drug-likeness (QED) is 0.722. The molecule has 0 saturated heterocycles. The number of furan rings is 1. The molecule has 1 aromatic carbocycles. The molecule has 2 aromatic heterocycles. The zero-order valence-electron chi connectivity index (χ0n) is 11.8. The number of benzene rings is 1. The van der Waals surface area contributed by atoms with Gasteiger partial charge in [-0.3, -0.25) is 0 Å². The maximum atomic E-state index is 5.70. The number of aryl methyl sites for hydroxylation is 1. The first-order valence-corrected chi connectivity index (χ1v) is 7.92. The van der Waals surface area contributed by atoms with Crippen LogP contribution in [0, 0.1) is 6.92 Å². The lowest BCUT2D eigenvalue weighted by Gasteiger charge is -2.16. The second-order valence-electron chi connectivity index (χ2n) is 5.07. The molecular formula is C17H19NOS.